The van der Waals surface area contributed by atoms with Crippen molar-refractivity contribution in [2.45, 2.75) is 33.1 Å². The van der Waals surface area contributed by atoms with Gasteiger partial charge in [-0.3, -0.25) is 9.78 Å². The molecule has 0 saturated heterocycles. The van der Waals surface area contributed by atoms with Crippen molar-refractivity contribution in [2.24, 2.45) is 0 Å². The van der Waals surface area contributed by atoms with E-state index >= 15 is 0 Å². The highest BCUT2D eigenvalue weighted by atomic mass is 16.2. The molecule has 0 spiro atoms. The van der Waals surface area contributed by atoms with Crippen LogP contribution in [0.25, 0.3) is 16.9 Å². The molecule has 0 N–H and O–H groups in total. The van der Waals surface area contributed by atoms with Gasteiger partial charge in [0.05, 0.1) is 16.8 Å². The van der Waals surface area contributed by atoms with Gasteiger partial charge < -0.3 is 9.47 Å². The van der Waals surface area contributed by atoms with Crippen LogP contribution >= 0.6 is 0 Å². The summed E-state index contributed by atoms with van der Waals surface area (Å²) in [6.45, 7) is 7.92. The standard InChI is InChI=1S/C21H22N4O/c1-13-10-16(8-9-22-13)25-12-18(23-14(25)2)15-6-7-17-19(11-15)24(5)20(26)21(17,3)4/h6-12H,1-5H3. The van der Waals surface area contributed by atoms with Crippen LogP contribution in [0, 0.1) is 13.8 Å². The van der Waals surface area contributed by atoms with Crippen LogP contribution < -0.4 is 4.90 Å². The Balaban J connectivity index is 1.79. The van der Waals surface area contributed by atoms with Crippen molar-refractivity contribution < 1.29 is 4.79 Å². The Hall–Kier alpha value is -2.95. The average Bonchev–Trinajstić information content (AvgIpc) is 3.08. The van der Waals surface area contributed by atoms with Gasteiger partial charge in [0.15, 0.2) is 0 Å². The minimum atomic E-state index is -0.480. The third kappa shape index (κ3) is 2.35. The minimum absolute atomic E-state index is 0.124. The molecule has 2 aromatic heterocycles. The third-order valence-corrected chi connectivity index (χ3v) is 5.21. The summed E-state index contributed by atoms with van der Waals surface area (Å²) in [6.07, 6.45) is 3.84. The van der Waals surface area contributed by atoms with Gasteiger partial charge in [-0.15, -0.1) is 0 Å². The van der Waals surface area contributed by atoms with E-state index in [-0.39, 0.29) is 5.91 Å². The summed E-state index contributed by atoms with van der Waals surface area (Å²) in [6, 6.07) is 10.2. The number of imidazole rings is 1. The number of hydrogen-bond donors (Lipinski definition) is 0. The summed E-state index contributed by atoms with van der Waals surface area (Å²) in [7, 11) is 1.84. The number of amides is 1. The number of likely N-dealkylation sites (N-methyl/N-ethyl adjacent to an activating group) is 1. The predicted molar refractivity (Wildman–Crippen MR) is 103 cm³/mol. The molecule has 1 aromatic carbocycles. The van der Waals surface area contributed by atoms with Crippen molar-refractivity contribution in [3.63, 3.8) is 0 Å². The first-order valence-electron chi connectivity index (χ1n) is 8.71. The van der Waals surface area contributed by atoms with E-state index in [1.165, 1.54) is 0 Å². The lowest BCUT2D eigenvalue weighted by molar-refractivity contribution is -0.121. The normalized spacial score (nSPS) is 15.4. The third-order valence-electron chi connectivity index (χ3n) is 5.21. The van der Waals surface area contributed by atoms with Crippen molar-refractivity contribution in [3.05, 3.63) is 59.8 Å². The molecule has 132 valence electrons. The van der Waals surface area contributed by atoms with E-state index in [1.807, 2.05) is 59.3 Å². The number of aromatic nitrogens is 3. The highest BCUT2D eigenvalue weighted by Gasteiger charge is 2.42. The molecule has 3 heterocycles. The molecule has 0 radical (unpaired) electrons. The highest BCUT2D eigenvalue weighted by molar-refractivity contribution is 6.07. The molecule has 5 heteroatoms. The second-order valence-corrected chi connectivity index (χ2v) is 7.42. The first kappa shape index (κ1) is 16.5. The zero-order chi connectivity index (χ0) is 18.6. The zero-order valence-electron chi connectivity index (χ0n) is 15.7. The van der Waals surface area contributed by atoms with Gasteiger partial charge in [-0.2, -0.15) is 0 Å². The number of fused-ring (bicyclic) bond motifs is 1. The maximum absolute atomic E-state index is 12.5. The van der Waals surface area contributed by atoms with Gasteiger partial charge in [0.1, 0.15) is 5.82 Å². The zero-order valence-corrected chi connectivity index (χ0v) is 15.7. The summed E-state index contributed by atoms with van der Waals surface area (Å²) in [5.41, 5.74) is 5.46. The molecule has 3 aromatic rings. The van der Waals surface area contributed by atoms with Crippen molar-refractivity contribution in [1.82, 2.24) is 14.5 Å². The molecular weight excluding hydrogens is 324 g/mol. The van der Waals surface area contributed by atoms with Crippen LogP contribution in [0.5, 0.6) is 0 Å². The van der Waals surface area contributed by atoms with Gasteiger partial charge >= 0.3 is 0 Å². The Morgan fingerprint density at radius 3 is 2.58 bits per heavy atom. The monoisotopic (exact) mass is 346 g/mol. The molecule has 0 fully saturated rings. The number of benzene rings is 1. The number of nitrogens with zero attached hydrogens (tertiary/aromatic N) is 4. The summed E-state index contributed by atoms with van der Waals surface area (Å²) < 4.78 is 2.07. The summed E-state index contributed by atoms with van der Waals surface area (Å²) >= 11 is 0. The predicted octanol–water partition coefficient (Wildman–Crippen LogP) is 3.81. The van der Waals surface area contributed by atoms with Crippen LogP contribution in [0.1, 0.15) is 30.9 Å². The van der Waals surface area contributed by atoms with E-state index < -0.39 is 5.41 Å². The van der Waals surface area contributed by atoms with Crippen molar-refractivity contribution in [2.75, 3.05) is 11.9 Å². The number of rotatable bonds is 2. The fraction of sp³-hybridized carbons (Fsp3) is 0.286. The SMILES string of the molecule is Cc1cc(-n2cc(-c3ccc4c(c3)N(C)C(=O)C4(C)C)nc2C)ccn1. The largest absolute Gasteiger partial charge is 0.314 e. The van der Waals surface area contributed by atoms with Crippen molar-refractivity contribution in [1.29, 1.82) is 0 Å². The fourth-order valence-electron chi connectivity index (χ4n) is 3.69. The van der Waals surface area contributed by atoms with Crippen LogP contribution in [0.15, 0.2) is 42.7 Å². The van der Waals surface area contributed by atoms with Crippen LogP contribution in [-0.2, 0) is 10.2 Å². The van der Waals surface area contributed by atoms with Gasteiger partial charge in [0.25, 0.3) is 0 Å². The molecule has 0 aliphatic carbocycles. The Labute approximate surface area is 153 Å². The number of carbonyl (C=O) groups is 1. The van der Waals surface area contributed by atoms with Crippen molar-refractivity contribution >= 4 is 11.6 Å². The van der Waals surface area contributed by atoms with E-state index in [0.717, 1.165) is 39.7 Å². The minimum Gasteiger partial charge on any atom is -0.314 e. The van der Waals surface area contributed by atoms with E-state index in [9.17, 15) is 4.79 Å². The first-order valence-corrected chi connectivity index (χ1v) is 8.71. The molecule has 0 bridgehead atoms. The van der Waals surface area contributed by atoms with Gasteiger partial charge in [-0.1, -0.05) is 12.1 Å². The van der Waals surface area contributed by atoms with Crippen LogP contribution in [-0.4, -0.2) is 27.5 Å². The lowest BCUT2D eigenvalue weighted by atomic mass is 9.86. The molecule has 0 atom stereocenters. The summed E-state index contributed by atoms with van der Waals surface area (Å²) in [5, 5.41) is 0. The van der Waals surface area contributed by atoms with Crippen LogP contribution in [0.2, 0.25) is 0 Å². The van der Waals surface area contributed by atoms with Crippen LogP contribution in [0.4, 0.5) is 5.69 Å². The Bertz CT molecular complexity index is 1030. The molecule has 1 amide bonds. The Morgan fingerprint density at radius 1 is 1.08 bits per heavy atom. The maximum atomic E-state index is 12.5. The summed E-state index contributed by atoms with van der Waals surface area (Å²) in [5.74, 6) is 1.04. The average molecular weight is 346 g/mol. The summed E-state index contributed by atoms with van der Waals surface area (Å²) in [4.78, 5) is 23.2. The number of carbonyl (C=O) groups excluding carboxylic acids is 1. The topological polar surface area (TPSA) is 51.0 Å². The molecule has 1 aliphatic rings. The molecule has 5 nitrogen and oxygen atoms in total. The second-order valence-electron chi connectivity index (χ2n) is 7.42. The van der Waals surface area contributed by atoms with Gasteiger partial charge in [0, 0.05) is 36.4 Å². The Morgan fingerprint density at radius 2 is 1.85 bits per heavy atom. The molecule has 0 saturated carbocycles. The molecule has 0 unspecified atom stereocenters. The van der Waals surface area contributed by atoms with Gasteiger partial charge in [0.2, 0.25) is 5.91 Å². The van der Waals surface area contributed by atoms with E-state index in [4.69, 9.17) is 4.98 Å². The number of anilines is 1. The fourth-order valence-corrected chi connectivity index (χ4v) is 3.69. The number of pyridine rings is 1. The van der Waals surface area contributed by atoms with Crippen LogP contribution in [0.3, 0.4) is 0 Å². The number of hydrogen-bond acceptors (Lipinski definition) is 3. The second kappa shape index (κ2) is 5.53. The molecule has 1 aliphatic heterocycles. The molecular formula is C21H22N4O. The quantitative estimate of drug-likeness (QED) is 0.709. The molecule has 26 heavy (non-hydrogen) atoms. The first-order chi connectivity index (χ1) is 12.3. The van der Waals surface area contributed by atoms with E-state index in [0.29, 0.717) is 0 Å². The lowest BCUT2D eigenvalue weighted by Gasteiger charge is -2.16. The van der Waals surface area contributed by atoms with Gasteiger partial charge in [-0.25, -0.2) is 4.98 Å². The Kier molecular flexibility index (Phi) is 3.51. The van der Waals surface area contributed by atoms with E-state index in [1.54, 1.807) is 4.90 Å². The van der Waals surface area contributed by atoms with E-state index in [2.05, 4.69) is 27.8 Å². The maximum Gasteiger partial charge on any atom is 0.236 e. The molecule has 4 rings (SSSR count). The number of aryl methyl sites for hydroxylation is 2. The van der Waals surface area contributed by atoms with Gasteiger partial charge in [-0.05, 0) is 51.5 Å². The smallest absolute Gasteiger partial charge is 0.236 e. The lowest BCUT2D eigenvalue weighted by Crippen LogP contribution is -2.33. The van der Waals surface area contributed by atoms with Crippen molar-refractivity contribution in [3.8, 4) is 16.9 Å². The highest BCUT2D eigenvalue weighted by Crippen LogP contribution is 2.42.